The third kappa shape index (κ3) is 2.87. The predicted molar refractivity (Wildman–Crippen MR) is 115 cm³/mol. The van der Waals surface area contributed by atoms with Crippen LogP contribution in [0.5, 0.6) is 0 Å². The summed E-state index contributed by atoms with van der Waals surface area (Å²) in [5.74, 6) is -2.50. The van der Waals surface area contributed by atoms with Crippen molar-refractivity contribution < 1.29 is 28.8 Å². The Hall–Kier alpha value is -1.80. The Labute approximate surface area is 188 Å². The molecule has 1 N–H and O–H groups in total. The topological polar surface area (TPSA) is 66.4 Å². The Morgan fingerprint density at radius 2 is 1.50 bits per heavy atom. The molecule has 6 nitrogen and oxygen atoms in total. The first kappa shape index (κ1) is 20.8. The molecule has 2 aromatic carbocycles. The lowest BCUT2D eigenvalue weighted by Gasteiger charge is -2.63. The van der Waals surface area contributed by atoms with Crippen molar-refractivity contribution in [3.8, 4) is 0 Å². The van der Waals surface area contributed by atoms with Gasteiger partial charge < -0.3 is 28.8 Å². The van der Waals surface area contributed by atoms with E-state index in [1.165, 1.54) is 0 Å². The van der Waals surface area contributed by atoms with Crippen LogP contribution in [0.4, 0.5) is 0 Å². The Morgan fingerprint density at radius 1 is 0.875 bits per heavy atom. The van der Waals surface area contributed by atoms with E-state index < -0.39 is 35.0 Å². The second-order valence-corrected chi connectivity index (χ2v) is 9.98. The van der Waals surface area contributed by atoms with E-state index in [1.807, 2.05) is 74.5 Å². The van der Waals surface area contributed by atoms with Crippen LogP contribution in [0.3, 0.4) is 0 Å². The number of fused-ring (bicyclic) bond motifs is 4. The molecular weight excluding hydrogens is 408 g/mol. The largest absolute Gasteiger partial charge is 0.374 e. The van der Waals surface area contributed by atoms with Crippen LogP contribution < -0.4 is 0 Å². The highest BCUT2D eigenvalue weighted by Crippen LogP contribution is 2.80. The first-order valence-corrected chi connectivity index (χ1v) is 11.4. The Bertz CT molecular complexity index is 974. The third-order valence-corrected chi connectivity index (χ3v) is 7.64. The van der Waals surface area contributed by atoms with E-state index in [4.69, 9.17) is 23.7 Å². The van der Waals surface area contributed by atoms with E-state index in [2.05, 4.69) is 0 Å². The molecule has 4 fully saturated rings. The van der Waals surface area contributed by atoms with Crippen molar-refractivity contribution >= 4 is 0 Å². The maximum absolute atomic E-state index is 11.9. The lowest BCUT2D eigenvalue weighted by Crippen LogP contribution is -2.78. The van der Waals surface area contributed by atoms with Gasteiger partial charge in [-0.15, -0.1) is 0 Å². The minimum absolute atomic E-state index is 0.332. The van der Waals surface area contributed by atoms with Gasteiger partial charge in [0.15, 0.2) is 17.9 Å². The Morgan fingerprint density at radius 3 is 2.12 bits per heavy atom. The number of aliphatic hydroxyl groups is 1. The highest BCUT2D eigenvalue weighted by Gasteiger charge is 2.92. The molecule has 170 valence electrons. The van der Waals surface area contributed by atoms with Gasteiger partial charge in [-0.05, 0) is 37.8 Å². The normalized spacial score (nSPS) is 37.7. The molecule has 2 aromatic rings. The van der Waals surface area contributed by atoms with Crippen LogP contribution >= 0.6 is 0 Å². The van der Waals surface area contributed by atoms with E-state index in [-0.39, 0.29) is 5.92 Å². The van der Waals surface area contributed by atoms with Gasteiger partial charge in [0.25, 0.3) is 0 Å². The quantitative estimate of drug-likeness (QED) is 0.664. The summed E-state index contributed by atoms with van der Waals surface area (Å²) in [7, 11) is 0. The molecule has 0 amide bonds. The van der Waals surface area contributed by atoms with Gasteiger partial charge in [-0.25, -0.2) is 0 Å². The summed E-state index contributed by atoms with van der Waals surface area (Å²) < 4.78 is 31.3. The van der Waals surface area contributed by atoms with E-state index in [0.29, 0.717) is 19.8 Å². The SMILES string of the molecule is CC1(C)OC2O[C@]3(COCc4ccccc4)C(C2O1)C(O)(OCc1ccccc1)C31CC1. The molecule has 4 unspecified atom stereocenters. The minimum atomic E-state index is -1.35. The zero-order chi connectivity index (χ0) is 22.0. The molecule has 2 aliphatic heterocycles. The van der Waals surface area contributed by atoms with Crippen LogP contribution in [-0.2, 0) is 36.9 Å². The molecule has 6 rings (SSSR count). The predicted octanol–water partition coefficient (Wildman–Crippen LogP) is 3.77. The monoisotopic (exact) mass is 438 g/mol. The fourth-order valence-electron chi connectivity index (χ4n) is 6.15. The van der Waals surface area contributed by atoms with Crippen LogP contribution in [0.15, 0.2) is 60.7 Å². The third-order valence-electron chi connectivity index (χ3n) is 7.64. The van der Waals surface area contributed by atoms with Gasteiger partial charge in [0.05, 0.1) is 31.2 Å². The van der Waals surface area contributed by atoms with Gasteiger partial charge in [0.1, 0.15) is 11.7 Å². The van der Waals surface area contributed by atoms with Crippen LogP contribution in [0.1, 0.15) is 37.8 Å². The maximum atomic E-state index is 11.9. The smallest absolute Gasteiger partial charge is 0.188 e. The molecule has 2 saturated heterocycles. The minimum Gasteiger partial charge on any atom is -0.374 e. The van der Waals surface area contributed by atoms with Gasteiger partial charge in [-0.2, -0.15) is 0 Å². The fourth-order valence-corrected chi connectivity index (χ4v) is 6.15. The number of hydrogen-bond acceptors (Lipinski definition) is 6. The Kier molecular flexibility index (Phi) is 4.61. The molecule has 0 radical (unpaired) electrons. The second kappa shape index (κ2) is 7.10. The van der Waals surface area contributed by atoms with Gasteiger partial charge in [-0.3, -0.25) is 0 Å². The van der Waals surface area contributed by atoms with E-state index in [1.54, 1.807) is 0 Å². The van der Waals surface area contributed by atoms with Crippen molar-refractivity contribution in [2.75, 3.05) is 6.61 Å². The number of ether oxygens (including phenoxy) is 5. The number of hydrogen-bond donors (Lipinski definition) is 1. The lowest BCUT2D eigenvalue weighted by molar-refractivity contribution is -0.428. The van der Waals surface area contributed by atoms with Crippen molar-refractivity contribution in [1.82, 2.24) is 0 Å². The highest BCUT2D eigenvalue weighted by molar-refractivity contribution is 5.35. The Balaban J connectivity index is 1.26. The number of benzene rings is 2. The summed E-state index contributed by atoms with van der Waals surface area (Å²) in [4.78, 5) is 0. The van der Waals surface area contributed by atoms with Crippen molar-refractivity contribution in [2.24, 2.45) is 11.3 Å². The van der Waals surface area contributed by atoms with Gasteiger partial charge >= 0.3 is 0 Å². The first-order chi connectivity index (χ1) is 15.4. The molecule has 1 spiro atoms. The van der Waals surface area contributed by atoms with Crippen molar-refractivity contribution in [3.05, 3.63) is 71.8 Å². The standard InChI is InChI=1S/C26H30O6/c1-23(2)30-20-21-25(32-22(20)31-23,17-28-15-18-9-5-3-6-10-18)24(13-14-24)26(21,27)29-16-19-11-7-4-8-12-19/h3-12,20-22,27H,13-17H2,1-2H3/t20?,21?,22?,25-,26?/m1/s1. The average molecular weight is 439 g/mol. The van der Waals surface area contributed by atoms with Crippen LogP contribution in [0, 0.1) is 11.3 Å². The zero-order valence-corrected chi connectivity index (χ0v) is 18.5. The average Bonchev–Trinajstić information content (AvgIpc) is 3.51. The molecule has 0 bridgehead atoms. The summed E-state index contributed by atoms with van der Waals surface area (Å²) in [5, 5.41) is 11.9. The fraction of sp³-hybridized carbons (Fsp3) is 0.538. The van der Waals surface area contributed by atoms with Crippen molar-refractivity contribution in [2.45, 2.75) is 69.5 Å². The highest BCUT2D eigenvalue weighted by atomic mass is 16.8. The van der Waals surface area contributed by atoms with Gasteiger partial charge in [0.2, 0.25) is 0 Å². The molecule has 2 aliphatic carbocycles. The summed E-state index contributed by atoms with van der Waals surface area (Å²) in [6.45, 7) is 4.93. The van der Waals surface area contributed by atoms with Crippen LogP contribution in [-0.4, -0.2) is 41.3 Å². The summed E-state index contributed by atoms with van der Waals surface area (Å²) in [5.41, 5.74) is 0.942. The zero-order valence-electron chi connectivity index (χ0n) is 18.5. The molecule has 5 atom stereocenters. The molecule has 4 aliphatic rings. The molecule has 0 aromatic heterocycles. The van der Waals surface area contributed by atoms with E-state index in [0.717, 1.165) is 24.0 Å². The van der Waals surface area contributed by atoms with E-state index in [9.17, 15) is 5.11 Å². The van der Waals surface area contributed by atoms with Gasteiger partial charge in [0, 0.05) is 0 Å². The van der Waals surface area contributed by atoms with E-state index >= 15 is 0 Å². The summed E-state index contributed by atoms with van der Waals surface area (Å²) >= 11 is 0. The van der Waals surface area contributed by atoms with Crippen LogP contribution in [0.25, 0.3) is 0 Å². The maximum Gasteiger partial charge on any atom is 0.188 e. The molecule has 6 heteroatoms. The summed E-state index contributed by atoms with van der Waals surface area (Å²) in [6, 6.07) is 20.0. The number of rotatable bonds is 7. The molecular formula is C26H30O6. The van der Waals surface area contributed by atoms with Crippen LogP contribution in [0.2, 0.25) is 0 Å². The first-order valence-electron chi connectivity index (χ1n) is 11.4. The summed E-state index contributed by atoms with van der Waals surface area (Å²) in [6.07, 6.45) is 0.706. The molecule has 2 saturated carbocycles. The second-order valence-electron chi connectivity index (χ2n) is 9.98. The van der Waals surface area contributed by atoms with Gasteiger partial charge in [-0.1, -0.05) is 60.7 Å². The molecule has 32 heavy (non-hydrogen) atoms. The van der Waals surface area contributed by atoms with Crippen molar-refractivity contribution in [3.63, 3.8) is 0 Å². The molecule has 2 heterocycles. The van der Waals surface area contributed by atoms with Crippen molar-refractivity contribution in [1.29, 1.82) is 0 Å². The lowest BCUT2D eigenvalue weighted by atomic mass is 9.52.